The molecule has 0 saturated carbocycles. The number of hydrogen-bond donors (Lipinski definition) is 1. The Morgan fingerprint density at radius 1 is 1.31 bits per heavy atom. The maximum atomic E-state index is 8.45. The number of aromatic nitrogens is 3. The molecule has 90 valence electrons. The van der Waals surface area contributed by atoms with Crippen LogP contribution in [0.15, 0.2) is 12.8 Å². The first-order chi connectivity index (χ1) is 7.86. The van der Waals surface area contributed by atoms with E-state index in [1.165, 1.54) is 0 Å². The van der Waals surface area contributed by atoms with Gasteiger partial charge in [0.25, 0.3) is 0 Å². The van der Waals surface area contributed by atoms with Gasteiger partial charge in [0.1, 0.15) is 5.69 Å². The normalized spacial score (nSPS) is 10.6. The van der Waals surface area contributed by atoms with Gasteiger partial charge in [0.2, 0.25) is 0 Å². The fraction of sp³-hybridized carbons (Fsp3) is 0.600. The molecule has 1 aromatic heterocycles. The lowest BCUT2D eigenvalue weighted by atomic mass is 10.5. The van der Waals surface area contributed by atoms with Crippen LogP contribution in [-0.4, -0.2) is 53.1 Å². The van der Waals surface area contributed by atoms with E-state index in [0.29, 0.717) is 33.0 Å². The van der Waals surface area contributed by atoms with Crippen LogP contribution < -0.4 is 0 Å². The fourth-order valence-electron chi connectivity index (χ4n) is 1.06. The van der Waals surface area contributed by atoms with E-state index in [1.54, 1.807) is 17.0 Å². The summed E-state index contributed by atoms with van der Waals surface area (Å²) in [6.07, 6.45) is 3.45. The Morgan fingerprint density at radius 3 is 2.69 bits per heavy atom. The van der Waals surface area contributed by atoms with Crippen molar-refractivity contribution in [2.75, 3.05) is 33.0 Å². The van der Waals surface area contributed by atoms with Crippen LogP contribution in [0, 0.1) is 0 Å². The molecular formula is C10H17N3O3. The summed E-state index contributed by atoms with van der Waals surface area (Å²) < 4.78 is 12.0. The Balaban J connectivity index is 2.00. The molecule has 0 unspecified atom stereocenters. The van der Waals surface area contributed by atoms with Crippen LogP contribution in [0.25, 0.3) is 6.08 Å². The lowest BCUT2D eigenvalue weighted by Crippen LogP contribution is -2.11. The Morgan fingerprint density at radius 2 is 2.06 bits per heavy atom. The standard InChI is InChI=1S/C10H17N3O3/c1-2-10-9-13(12-11-10)3-5-15-7-8-16-6-4-14/h2,9,14H,1,3-8H2. The van der Waals surface area contributed by atoms with Gasteiger partial charge in [0, 0.05) is 0 Å². The van der Waals surface area contributed by atoms with Gasteiger partial charge in [-0.15, -0.1) is 5.10 Å². The van der Waals surface area contributed by atoms with Gasteiger partial charge < -0.3 is 14.6 Å². The highest BCUT2D eigenvalue weighted by molar-refractivity contribution is 5.38. The van der Waals surface area contributed by atoms with Gasteiger partial charge in [-0.1, -0.05) is 11.8 Å². The number of nitrogens with zero attached hydrogens (tertiary/aromatic N) is 3. The molecule has 0 fully saturated rings. The molecule has 6 nitrogen and oxygen atoms in total. The summed E-state index contributed by atoms with van der Waals surface area (Å²) in [5, 5.41) is 16.2. The molecule has 0 amide bonds. The largest absolute Gasteiger partial charge is 0.394 e. The Bertz CT molecular complexity index is 301. The average molecular weight is 227 g/mol. The highest BCUT2D eigenvalue weighted by atomic mass is 16.5. The Kier molecular flexibility index (Phi) is 6.39. The number of rotatable bonds is 9. The minimum absolute atomic E-state index is 0.0449. The fourth-order valence-corrected chi connectivity index (χ4v) is 1.06. The third-order valence-electron chi connectivity index (χ3n) is 1.84. The van der Waals surface area contributed by atoms with Crippen LogP contribution >= 0.6 is 0 Å². The Hall–Kier alpha value is -1.24. The van der Waals surface area contributed by atoms with Crippen molar-refractivity contribution >= 4 is 6.08 Å². The zero-order chi connectivity index (χ0) is 11.6. The van der Waals surface area contributed by atoms with Gasteiger partial charge in [-0.05, 0) is 6.08 Å². The molecule has 0 aliphatic carbocycles. The number of ether oxygens (including phenoxy) is 2. The number of aliphatic hydroxyl groups is 1. The second-order valence-electron chi connectivity index (χ2n) is 3.06. The van der Waals surface area contributed by atoms with Crippen LogP contribution in [0.3, 0.4) is 0 Å². The molecule has 16 heavy (non-hydrogen) atoms. The molecule has 0 spiro atoms. The number of aliphatic hydroxyl groups excluding tert-OH is 1. The van der Waals surface area contributed by atoms with Crippen LogP contribution in [0.2, 0.25) is 0 Å². The third-order valence-corrected chi connectivity index (χ3v) is 1.84. The van der Waals surface area contributed by atoms with Crippen LogP contribution in [0.5, 0.6) is 0 Å². The lowest BCUT2D eigenvalue weighted by Gasteiger charge is -2.04. The van der Waals surface area contributed by atoms with Crippen molar-refractivity contribution in [3.8, 4) is 0 Å². The molecule has 1 heterocycles. The predicted molar refractivity (Wildman–Crippen MR) is 58.8 cm³/mol. The van der Waals surface area contributed by atoms with Crippen molar-refractivity contribution in [2.24, 2.45) is 0 Å². The summed E-state index contributed by atoms with van der Waals surface area (Å²) in [4.78, 5) is 0. The first kappa shape index (κ1) is 12.8. The minimum atomic E-state index is 0.0449. The molecule has 0 bridgehead atoms. The second-order valence-corrected chi connectivity index (χ2v) is 3.06. The van der Waals surface area contributed by atoms with E-state index in [4.69, 9.17) is 14.6 Å². The van der Waals surface area contributed by atoms with Crippen LogP contribution in [0.4, 0.5) is 0 Å². The van der Waals surface area contributed by atoms with Crippen molar-refractivity contribution in [3.05, 3.63) is 18.5 Å². The molecule has 1 N–H and O–H groups in total. The van der Waals surface area contributed by atoms with Crippen molar-refractivity contribution < 1.29 is 14.6 Å². The quantitative estimate of drug-likeness (QED) is 0.599. The summed E-state index contributed by atoms with van der Waals surface area (Å²) >= 11 is 0. The molecular weight excluding hydrogens is 210 g/mol. The monoisotopic (exact) mass is 227 g/mol. The predicted octanol–water partition coefficient (Wildman–Crippen LogP) is -0.0534. The van der Waals surface area contributed by atoms with Gasteiger partial charge in [-0.3, -0.25) is 0 Å². The van der Waals surface area contributed by atoms with Crippen molar-refractivity contribution in [1.82, 2.24) is 15.0 Å². The van der Waals surface area contributed by atoms with Gasteiger partial charge in [0.15, 0.2) is 0 Å². The van der Waals surface area contributed by atoms with Crippen molar-refractivity contribution in [1.29, 1.82) is 0 Å². The molecule has 0 atom stereocenters. The summed E-state index contributed by atoms with van der Waals surface area (Å²) in [5.41, 5.74) is 0.756. The lowest BCUT2D eigenvalue weighted by molar-refractivity contribution is 0.0302. The molecule has 0 aliphatic heterocycles. The molecule has 0 saturated heterocycles. The van der Waals surface area contributed by atoms with E-state index in [2.05, 4.69) is 16.9 Å². The van der Waals surface area contributed by atoms with Crippen LogP contribution in [0.1, 0.15) is 5.69 Å². The van der Waals surface area contributed by atoms with Crippen LogP contribution in [-0.2, 0) is 16.0 Å². The molecule has 0 radical (unpaired) electrons. The van der Waals surface area contributed by atoms with E-state index < -0.39 is 0 Å². The Labute approximate surface area is 94.5 Å². The topological polar surface area (TPSA) is 69.4 Å². The SMILES string of the molecule is C=Cc1cn(CCOCCOCCO)nn1. The smallest absolute Gasteiger partial charge is 0.105 e. The highest BCUT2D eigenvalue weighted by Crippen LogP contribution is 1.93. The summed E-state index contributed by atoms with van der Waals surface area (Å²) in [6, 6.07) is 0. The van der Waals surface area contributed by atoms with E-state index in [9.17, 15) is 0 Å². The zero-order valence-electron chi connectivity index (χ0n) is 9.21. The van der Waals surface area contributed by atoms with Gasteiger partial charge >= 0.3 is 0 Å². The number of hydrogen-bond acceptors (Lipinski definition) is 5. The highest BCUT2D eigenvalue weighted by Gasteiger charge is 1.96. The second kappa shape index (κ2) is 7.98. The maximum absolute atomic E-state index is 8.45. The van der Waals surface area contributed by atoms with Gasteiger partial charge in [0.05, 0.1) is 45.8 Å². The van der Waals surface area contributed by atoms with Gasteiger partial charge in [-0.2, -0.15) is 0 Å². The minimum Gasteiger partial charge on any atom is -0.394 e. The summed E-state index contributed by atoms with van der Waals surface area (Å²) in [6.45, 7) is 6.22. The molecule has 1 rings (SSSR count). The maximum Gasteiger partial charge on any atom is 0.105 e. The first-order valence-electron chi connectivity index (χ1n) is 5.15. The van der Waals surface area contributed by atoms with E-state index in [0.717, 1.165) is 5.69 Å². The van der Waals surface area contributed by atoms with Gasteiger partial charge in [-0.25, -0.2) is 4.68 Å². The first-order valence-corrected chi connectivity index (χ1v) is 5.15. The van der Waals surface area contributed by atoms with E-state index >= 15 is 0 Å². The average Bonchev–Trinajstić information content (AvgIpc) is 2.76. The summed E-state index contributed by atoms with van der Waals surface area (Å²) in [7, 11) is 0. The third kappa shape index (κ3) is 5.01. The molecule has 0 aromatic carbocycles. The van der Waals surface area contributed by atoms with E-state index in [-0.39, 0.29) is 6.61 Å². The molecule has 6 heteroatoms. The van der Waals surface area contributed by atoms with E-state index in [1.807, 2.05) is 0 Å². The molecule has 0 aliphatic rings. The molecule has 1 aromatic rings. The summed E-state index contributed by atoms with van der Waals surface area (Å²) in [5.74, 6) is 0. The van der Waals surface area contributed by atoms with Crippen molar-refractivity contribution in [2.45, 2.75) is 6.54 Å². The van der Waals surface area contributed by atoms with Crippen molar-refractivity contribution in [3.63, 3.8) is 0 Å². The zero-order valence-corrected chi connectivity index (χ0v) is 9.21.